The summed E-state index contributed by atoms with van der Waals surface area (Å²) in [6.07, 6.45) is 0. The number of anilines is 2. The highest BCUT2D eigenvalue weighted by atomic mass is 16.5. The maximum absolute atomic E-state index is 5.39. The highest BCUT2D eigenvalue weighted by molar-refractivity contribution is 5.61. The van der Waals surface area contributed by atoms with Crippen LogP contribution in [0.4, 0.5) is 11.6 Å². The maximum Gasteiger partial charge on any atom is 0.163 e. The van der Waals surface area contributed by atoms with Crippen LogP contribution in [0.25, 0.3) is 11.4 Å². The Balaban J connectivity index is 1.67. The Morgan fingerprint density at radius 2 is 1.73 bits per heavy atom. The molecule has 1 aliphatic rings. The summed E-state index contributed by atoms with van der Waals surface area (Å²) in [5, 5.41) is 6.72. The zero-order chi connectivity index (χ0) is 18.0. The topological polar surface area (TPSA) is 71.5 Å². The van der Waals surface area contributed by atoms with E-state index >= 15 is 0 Å². The van der Waals surface area contributed by atoms with E-state index < -0.39 is 0 Å². The van der Waals surface area contributed by atoms with Crippen LogP contribution >= 0.6 is 0 Å². The number of methoxy groups -OCH3 is 1. The molecule has 0 spiro atoms. The van der Waals surface area contributed by atoms with Crippen LogP contribution in [0.15, 0.2) is 36.4 Å². The summed E-state index contributed by atoms with van der Waals surface area (Å²) in [5.41, 5.74) is 0.999. The van der Waals surface area contributed by atoms with Crippen molar-refractivity contribution in [2.75, 3.05) is 70.3 Å². The van der Waals surface area contributed by atoms with Gasteiger partial charge >= 0.3 is 0 Å². The van der Waals surface area contributed by atoms with Gasteiger partial charge in [0.15, 0.2) is 5.82 Å². The van der Waals surface area contributed by atoms with Gasteiger partial charge in [0.05, 0.1) is 19.8 Å². The smallest absolute Gasteiger partial charge is 0.163 e. The molecule has 0 unspecified atom stereocenters. The molecular weight excluding hydrogens is 330 g/mol. The van der Waals surface area contributed by atoms with Gasteiger partial charge in [0.25, 0.3) is 0 Å². The van der Waals surface area contributed by atoms with Gasteiger partial charge in [-0.1, -0.05) is 30.3 Å². The molecule has 2 N–H and O–H groups in total. The first kappa shape index (κ1) is 18.6. The highest BCUT2D eigenvalue weighted by Crippen LogP contribution is 2.20. The Bertz CT molecular complexity index is 662. The van der Waals surface area contributed by atoms with E-state index in [9.17, 15) is 0 Å². The predicted octanol–water partition coefficient (Wildman–Crippen LogP) is 1.95. The van der Waals surface area contributed by atoms with Crippen molar-refractivity contribution in [1.29, 1.82) is 0 Å². The molecule has 0 aliphatic carbocycles. The molecule has 1 fully saturated rings. The molecule has 7 heteroatoms. The molecule has 0 radical (unpaired) electrons. The molecule has 0 amide bonds. The second-order valence-corrected chi connectivity index (χ2v) is 6.13. The van der Waals surface area contributed by atoms with E-state index in [4.69, 9.17) is 9.47 Å². The molecule has 0 saturated carbocycles. The number of morpholine rings is 1. The molecule has 3 rings (SSSR count). The SMILES string of the molecule is COCCNc1cc(NCCN2CCOCC2)nc(-c2ccccc2)n1. The van der Waals surface area contributed by atoms with Gasteiger partial charge < -0.3 is 20.1 Å². The first-order valence-corrected chi connectivity index (χ1v) is 9.06. The molecule has 0 bridgehead atoms. The molecule has 26 heavy (non-hydrogen) atoms. The van der Waals surface area contributed by atoms with Crippen molar-refractivity contribution in [1.82, 2.24) is 14.9 Å². The van der Waals surface area contributed by atoms with Gasteiger partial charge in [0, 0.05) is 51.5 Å². The number of rotatable bonds is 9. The summed E-state index contributed by atoms with van der Waals surface area (Å²) < 4.78 is 10.5. The third-order valence-corrected chi connectivity index (χ3v) is 4.21. The van der Waals surface area contributed by atoms with Crippen LogP contribution in [0, 0.1) is 0 Å². The summed E-state index contributed by atoms with van der Waals surface area (Å²) in [4.78, 5) is 11.7. The first-order valence-electron chi connectivity index (χ1n) is 9.06. The lowest BCUT2D eigenvalue weighted by Crippen LogP contribution is -2.39. The quantitative estimate of drug-likeness (QED) is 0.665. The van der Waals surface area contributed by atoms with Crippen molar-refractivity contribution in [2.45, 2.75) is 0 Å². The van der Waals surface area contributed by atoms with Crippen LogP contribution in [-0.2, 0) is 9.47 Å². The van der Waals surface area contributed by atoms with E-state index in [0.29, 0.717) is 19.0 Å². The normalized spacial score (nSPS) is 15.0. The minimum atomic E-state index is 0.629. The zero-order valence-corrected chi connectivity index (χ0v) is 15.3. The highest BCUT2D eigenvalue weighted by Gasteiger charge is 2.10. The zero-order valence-electron chi connectivity index (χ0n) is 15.3. The molecule has 1 saturated heterocycles. The Hall–Kier alpha value is -2.22. The molecule has 1 aromatic carbocycles. The van der Waals surface area contributed by atoms with Crippen molar-refractivity contribution in [3.05, 3.63) is 36.4 Å². The van der Waals surface area contributed by atoms with E-state index in [1.54, 1.807) is 7.11 Å². The van der Waals surface area contributed by atoms with Crippen LogP contribution in [0.3, 0.4) is 0 Å². The fraction of sp³-hybridized carbons (Fsp3) is 0.474. The Kier molecular flexibility index (Phi) is 7.18. The van der Waals surface area contributed by atoms with Crippen LogP contribution < -0.4 is 10.6 Å². The summed E-state index contributed by atoms with van der Waals surface area (Å²) in [5.74, 6) is 2.33. The van der Waals surface area contributed by atoms with Gasteiger partial charge in [0.1, 0.15) is 11.6 Å². The van der Waals surface area contributed by atoms with E-state index in [-0.39, 0.29) is 0 Å². The Morgan fingerprint density at radius 3 is 2.42 bits per heavy atom. The minimum absolute atomic E-state index is 0.629. The van der Waals surface area contributed by atoms with Gasteiger partial charge in [0.2, 0.25) is 0 Å². The van der Waals surface area contributed by atoms with E-state index in [0.717, 1.165) is 56.6 Å². The minimum Gasteiger partial charge on any atom is -0.383 e. The number of aromatic nitrogens is 2. The van der Waals surface area contributed by atoms with Crippen LogP contribution in [0.5, 0.6) is 0 Å². The van der Waals surface area contributed by atoms with Crippen molar-refractivity contribution >= 4 is 11.6 Å². The lowest BCUT2D eigenvalue weighted by Gasteiger charge is -2.26. The Morgan fingerprint density at radius 1 is 1.04 bits per heavy atom. The monoisotopic (exact) mass is 357 g/mol. The molecule has 2 heterocycles. The third-order valence-electron chi connectivity index (χ3n) is 4.21. The van der Waals surface area contributed by atoms with E-state index in [1.807, 2.05) is 36.4 Å². The van der Waals surface area contributed by atoms with Crippen LogP contribution in [-0.4, -0.2) is 74.5 Å². The largest absolute Gasteiger partial charge is 0.383 e. The average molecular weight is 357 g/mol. The molecule has 1 aliphatic heterocycles. The number of hydrogen-bond donors (Lipinski definition) is 2. The van der Waals surface area contributed by atoms with Crippen LogP contribution in [0.2, 0.25) is 0 Å². The summed E-state index contributed by atoms with van der Waals surface area (Å²) in [6, 6.07) is 12.0. The maximum atomic E-state index is 5.39. The first-order chi connectivity index (χ1) is 12.8. The van der Waals surface area contributed by atoms with Gasteiger partial charge in [-0.05, 0) is 0 Å². The summed E-state index contributed by atoms with van der Waals surface area (Å²) >= 11 is 0. The lowest BCUT2D eigenvalue weighted by atomic mass is 10.2. The van der Waals surface area contributed by atoms with Crippen molar-refractivity contribution in [3.63, 3.8) is 0 Å². The third kappa shape index (κ3) is 5.66. The van der Waals surface area contributed by atoms with Gasteiger partial charge in [-0.3, -0.25) is 4.90 Å². The number of nitrogens with zero attached hydrogens (tertiary/aromatic N) is 3. The number of ether oxygens (including phenoxy) is 2. The summed E-state index contributed by atoms with van der Waals surface area (Å²) in [6.45, 7) is 6.76. The number of hydrogen-bond acceptors (Lipinski definition) is 7. The van der Waals surface area contributed by atoms with Crippen molar-refractivity contribution < 1.29 is 9.47 Å². The number of nitrogens with one attached hydrogen (secondary N) is 2. The van der Waals surface area contributed by atoms with Gasteiger partial charge in [-0.25, -0.2) is 9.97 Å². The summed E-state index contributed by atoms with van der Waals surface area (Å²) in [7, 11) is 1.69. The fourth-order valence-corrected chi connectivity index (χ4v) is 2.79. The second kappa shape index (κ2) is 10.1. The lowest BCUT2D eigenvalue weighted by molar-refractivity contribution is 0.0398. The van der Waals surface area contributed by atoms with Gasteiger partial charge in [-0.2, -0.15) is 0 Å². The van der Waals surface area contributed by atoms with Gasteiger partial charge in [-0.15, -0.1) is 0 Å². The van der Waals surface area contributed by atoms with Crippen molar-refractivity contribution in [3.8, 4) is 11.4 Å². The second-order valence-electron chi connectivity index (χ2n) is 6.13. The van der Waals surface area contributed by atoms with E-state index in [2.05, 4.69) is 25.5 Å². The average Bonchev–Trinajstić information content (AvgIpc) is 2.70. The number of benzene rings is 1. The standard InChI is InChI=1S/C19H27N5O2/c1-25-12-8-21-18-15-17(20-7-9-24-10-13-26-14-11-24)22-19(23-18)16-5-3-2-4-6-16/h2-6,15H,7-14H2,1H3,(H2,20,21,22,23). The fourth-order valence-electron chi connectivity index (χ4n) is 2.79. The predicted molar refractivity (Wildman–Crippen MR) is 104 cm³/mol. The molecular formula is C19H27N5O2. The molecule has 0 atom stereocenters. The molecule has 7 nitrogen and oxygen atoms in total. The van der Waals surface area contributed by atoms with Crippen molar-refractivity contribution in [2.24, 2.45) is 0 Å². The van der Waals surface area contributed by atoms with E-state index in [1.165, 1.54) is 0 Å². The van der Waals surface area contributed by atoms with Crippen LogP contribution in [0.1, 0.15) is 0 Å². The molecule has 1 aromatic heterocycles. The molecule has 140 valence electrons. The molecule has 2 aromatic rings. The Labute approximate surface area is 154 Å².